The van der Waals surface area contributed by atoms with Gasteiger partial charge in [0.2, 0.25) is 0 Å². The van der Waals surface area contributed by atoms with Crippen LogP contribution in [0.1, 0.15) is 12.5 Å². The minimum Gasteiger partial charge on any atom is -0.396 e. The van der Waals surface area contributed by atoms with Crippen molar-refractivity contribution in [3.8, 4) is 0 Å². The van der Waals surface area contributed by atoms with Crippen molar-refractivity contribution in [2.75, 3.05) is 13.2 Å². The second-order valence-corrected chi connectivity index (χ2v) is 4.03. The third kappa shape index (κ3) is 3.78. The van der Waals surface area contributed by atoms with Gasteiger partial charge in [-0.2, -0.15) is 0 Å². The molecule has 1 aromatic carbocycles. The summed E-state index contributed by atoms with van der Waals surface area (Å²) in [6, 6.07) is 4.63. The van der Waals surface area contributed by atoms with Crippen LogP contribution in [0.5, 0.6) is 0 Å². The van der Waals surface area contributed by atoms with E-state index < -0.39 is 0 Å². The minimum atomic E-state index is -0.299. The topological polar surface area (TPSA) is 32.3 Å². The van der Waals surface area contributed by atoms with Crippen LogP contribution in [-0.4, -0.2) is 18.3 Å². The molecule has 0 bridgehead atoms. The van der Waals surface area contributed by atoms with Gasteiger partial charge in [-0.25, -0.2) is 4.39 Å². The first-order valence-electron chi connectivity index (χ1n) is 4.89. The van der Waals surface area contributed by atoms with Crippen molar-refractivity contribution in [1.82, 2.24) is 5.32 Å². The van der Waals surface area contributed by atoms with E-state index in [2.05, 4.69) is 5.32 Å². The van der Waals surface area contributed by atoms with Gasteiger partial charge in [0.15, 0.2) is 0 Å². The van der Waals surface area contributed by atoms with Gasteiger partial charge >= 0.3 is 0 Å². The summed E-state index contributed by atoms with van der Waals surface area (Å²) in [7, 11) is 0. The molecule has 0 aliphatic heterocycles. The quantitative estimate of drug-likeness (QED) is 0.814. The summed E-state index contributed by atoms with van der Waals surface area (Å²) in [5.41, 5.74) is 0.476. The zero-order chi connectivity index (χ0) is 11.3. The highest BCUT2D eigenvalue weighted by molar-refractivity contribution is 6.31. The Morgan fingerprint density at radius 1 is 1.53 bits per heavy atom. The fourth-order valence-corrected chi connectivity index (χ4v) is 1.44. The summed E-state index contributed by atoms with van der Waals surface area (Å²) in [5.74, 6) is -0.137. The van der Waals surface area contributed by atoms with Crippen LogP contribution in [0.3, 0.4) is 0 Å². The molecule has 0 aromatic heterocycles. The predicted molar refractivity (Wildman–Crippen MR) is 59.4 cm³/mol. The average Bonchev–Trinajstić information content (AvgIpc) is 2.22. The molecule has 1 unspecified atom stereocenters. The summed E-state index contributed by atoms with van der Waals surface area (Å²) >= 11 is 5.85. The third-order valence-electron chi connectivity index (χ3n) is 2.17. The summed E-state index contributed by atoms with van der Waals surface area (Å²) in [5, 5.41) is 12.3. The molecule has 4 heteroatoms. The highest BCUT2D eigenvalue weighted by atomic mass is 35.5. The molecule has 0 fully saturated rings. The number of rotatable bonds is 5. The normalized spacial score (nSPS) is 12.8. The van der Waals surface area contributed by atoms with E-state index in [-0.39, 0.29) is 18.3 Å². The lowest BCUT2D eigenvalue weighted by Crippen LogP contribution is -2.23. The summed E-state index contributed by atoms with van der Waals surface area (Å²) < 4.78 is 13.3. The lowest BCUT2D eigenvalue weighted by atomic mass is 10.1. The standard InChI is InChI=1S/C11H15ClFNO/c1-8(7-15)5-14-6-9-10(12)3-2-4-11(9)13/h2-4,8,14-15H,5-7H2,1H3. The van der Waals surface area contributed by atoms with Crippen molar-refractivity contribution in [1.29, 1.82) is 0 Å². The van der Waals surface area contributed by atoms with Crippen LogP contribution < -0.4 is 5.32 Å². The second-order valence-electron chi connectivity index (χ2n) is 3.62. The van der Waals surface area contributed by atoms with Gasteiger partial charge in [-0.3, -0.25) is 0 Å². The molecule has 1 atom stereocenters. The molecule has 0 spiro atoms. The summed E-state index contributed by atoms with van der Waals surface area (Å²) in [6.45, 7) is 3.06. The molecule has 2 N–H and O–H groups in total. The van der Waals surface area contributed by atoms with Gasteiger partial charge in [-0.05, 0) is 18.1 Å². The van der Waals surface area contributed by atoms with Gasteiger partial charge in [-0.15, -0.1) is 0 Å². The van der Waals surface area contributed by atoms with Crippen LogP contribution in [0.25, 0.3) is 0 Å². The molecule has 0 aliphatic carbocycles. The van der Waals surface area contributed by atoms with E-state index in [0.29, 0.717) is 23.7 Å². The monoisotopic (exact) mass is 231 g/mol. The van der Waals surface area contributed by atoms with Gasteiger partial charge in [0.1, 0.15) is 5.82 Å². The molecule has 1 rings (SSSR count). The zero-order valence-corrected chi connectivity index (χ0v) is 9.39. The number of benzene rings is 1. The van der Waals surface area contributed by atoms with E-state index in [9.17, 15) is 4.39 Å². The Labute approximate surface area is 94.1 Å². The van der Waals surface area contributed by atoms with Crippen LogP contribution in [0.4, 0.5) is 4.39 Å². The molecule has 0 radical (unpaired) electrons. The van der Waals surface area contributed by atoms with Crippen molar-refractivity contribution in [2.45, 2.75) is 13.5 Å². The minimum absolute atomic E-state index is 0.123. The first-order chi connectivity index (χ1) is 7.15. The number of aliphatic hydroxyl groups excluding tert-OH is 1. The molecule has 15 heavy (non-hydrogen) atoms. The van der Waals surface area contributed by atoms with E-state index in [0.717, 1.165) is 0 Å². The Balaban J connectivity index is 2.50. The van der Waals surface area contributed by atoms with Crippen molar-refractivity contribution in [3.63, 3.8) is 0 Å². The Morgan fingerprint density at radius 3 is 2.87 bits per heavy atom. The third-order valence-corrected chi connectivity index (χ3v) is 2.52. The van der Waals surface area contributed by atoms with Crippen LogP contribution >= 0.6 is 11.6 Å². The smallest absolute Gasteiger partial charge is 0.129 e. The lowest BCUT2D eigenvalue weighted by molar-refractivity contribution is 0.233. The fourth-order valence-electron chi connectivity index (χ4n) is 1.21. The molecule has 0 saturated carbocycles. The van der Waals surface area contributed by atoms with E-state index in [1.807, 2.05) is 6.92 Å². The first-order valence-corrected chi connectivity index (χ1v) is 5.27. The SMILES string of the molecule is CC(CO)CNCc1c(F)cccc1Cl. The Bertz CT molecular complexity index is 299. The van der Waals surface area contributed by atoms with Gasteiger partial charge in [0.05, 0.1) is 0 Å². The molecule has 84 valence electrons. The van der Waals surface area contributed by atoms with Crippen LogP contribution in [-0.2, 0) is 6.54 Å². The van der Waals surface area contributed by atoms with Gasteiger partial charge in [0.25, 0.3) is 0 Å². The molecular formula is C11H15ClFNO. The summed E-state index contributed by atoms with van der Waals surface area (Å²) in [6.07, 6.45) is 0. The van der Waals surface area contributed by atoms with Crippen molar-refractivity contribution in [2.24, 2.45) is 5.92 Å². The number of nitrogens with one attached hydrogen (secondary N) is 1. The number of halogens is 2. The fraction of sp³-hybridized carbons (Fsp3) is 0.455. The van der Waals surface area contributed by atoms with E-state index in [1.54, 1.807) is 12.1 Å². The number of hydrogen-bond acceptors (Lipinski definition) is 2. The molecule has 0 heterocycles. The van der Waals surface area contributed by atoms with Crippen molar-refractivity contribution >= 4 is 11.6 Å². The van der Waals surface area contributed by atoms with Gasteiger partial charge in [0, 0.05) is 30.3 Å². The molecule has 0 saturated heterocycles. The molecule has 0 amide bonds. The van der Waals surface area contributed by atoms with Crippen molar-refractivity contribution < 1.29 is 9.50 Å². The zero-order valence-electron chi connectivity index (χ0n) is 8.63. The Hall–Kier alpha value is -0.640. The highest BCUT2D eigenvalue weighted by Crippen LogP contribution is 2.18. The number of aliphatic hydroxyl groups is 1. The maximum absolute atomic E-state index is 13.3. The predicted octanol–water partition coefficient (Wildman–Crippen LogP) is 2.20. The Kier molecular flexibility index (Phi) is 5.02. The number of hydrogen-bond donors (Lipinski definition) is 2. The van der Waals surface area contributed by atoms with E-state index in [4.69, 9.17) is 16.7 Å². The first kappa shape index (κ1) is 12.4. The average molecular weight is 232 g/mol. The molecule has 0 aliphatic rings. The van der Waals surface area contributed by atoms with Crippen LogP contribution in [0.2, 0.25) is 5.02 Å². The highest BCUT2D eigenvalue weighted by Gasteiger charge is 2.06. The molecular weight excluding hydrogens is 217 g/mol. The second kappa shape index (κ2) is 6.05. The molecule has 1 aromatic rings. The van der Waals surface area contributed by atoms with Crippen LogP contribution in [0, 0.1) is 11.7 Å². The largest absolute Gasteiger partial charge is 0.396 e. The van der Waals surface area contributed by atoms with Gasteiger partial charge in [-0.1, -0.05) is 24.6 Å². The Morgan fingerprint density at radius 2 is 2.27 bits per heavy atom. The van der Waals surface area contributed by atoms with Crippen molar-refractivity contribution in [3.05, 3.63) is 34.6 Å². The van der Waals surface area contributed by atoms with Crippen LogP contribution in [0.15, 0.2) is 18.2 Å². The van der Waals surface area contributed by atoms with E-state index >= 15 is 0 Å². The summed E-state index contributed by atoms with van der Waals surface area (Å²) in [4.78, 5) is 0. The van der Waals surface area contributed by atoms with E-state index in [1.165, 1.54) is 6.07 Å². The lowest BCUT2D eigenvalue weighted by Gasteiger charge is -2.10. The maximum atomic E-state index is 13.3. The maximum Gasteiger partial charge on any atom is 0.129 e. The molecule has 2 nitrogen and oxygen atoms in total. The van der Waals surface area contributed by atoms with Gasteiger partial charge < -0.3 is 10.4 Å².